The summed E-state index contributed by atoms with van der Waals surface area (Å²) in [5.41, 5.74) is -5.76. The van der Waals surface area contributed by atoms with Crippen LogP contribution in [0.3, 0.4) is 0 Å². The molecule has 0 radical (unpaired) electrons. The van der Waals surface area contributed by atoms with E-state index in [4.69, 9.17) is 0 Å². The lowest BCUT2D eigenvalue weighted by molar-refractivity contribution is -0.0436. The zero-order chi connectivity index (χ0) is 16.4. The van der Waals surface area contributed by atoms with E-state index in [1.165, 1.54) is 0 Å². The normalized spacial score (nSPS) is 14.5. The van der Waals surface area contributed by atoms with E-state index in [0.29, 0.717) is 12.5 Å². The molecule has 0 bridgehead atoms. The highest BCUT2D eigenvalue weighted by atomic mass is 32.2. The summed E-state index contributed by atoms with van der Waals surface area (Å²) in [6.45, 7) is 3.61. The summed E-state index contributed by atoms with van der Waals surface area (Å²) in [5.74, 6) is -0.997. The monoisotopic (exact) mass is 328 g/mol. The predicted octanol–water partition coefficient (Wildman–Crippen LogP) is 3.07. The topological polar surface area (TPSA) is 54.4 Å². The number of halogens is 4. The maximum absolute atomic E-state index is 13.1. The largest absolute Gasteiger partial charge is 0.501 e. The smallest absolute Gasteiger partial charge is 0.393 e. The maximum Gasteiger partial charge on any atom is 0.501 e. The quantitative estimate of drug-likeness (QED) is 0.845. The summed E-state index contributed by atoms with van der Waals surface area (Å²) < 4.78 is 73.8. The minimum Gasteiger partial charge on any atom is -0.393 e. The number of aliphatic hydroxyl groups is 1. The molecule has 0 aliphatic heterocycles. The van der Waals surface area contributed by atoms with E-state index >= 15 is 0 Å². The molecule has 0 aromatic heterocycles. The Bertz CT molecular complexity index is 594. The SMILES string of the molecule is CC(C)CC(O)Cc1ccc(F)cc1S(=O)(=O)C(F)(F)F. The van der Waals surface area contributed by atoms with Crippen LogP contribution < -0.4 is 0 Å². The van der Waals surface area contributed by atoms with Crippen LogP contribution in [0, 0.1) is 11.7 Å². The lowest BCUT2D eigenvalue weighted by Gasteiger charge is -2.17. The maximum atomic E-state index is 13.1. The molecule has 0 heterocycles. The van der Waals surface area contributed by atoms with Crippen LogP contribution >= 0.6 is 0 Å². The van der Waals surface area contributed by atoms with Crippen LogP contribution in [0.2, 0.25) is 0 Å². The van der Waals surface area contributed by atoms with Crippen LogP contribution in [0.25, 0.3) is 0 Å². The van der Waals surface area contributed by atoms with Crippen LogP contribution in [-0.4, -0.2) is 25.1 Å². The number of hydrogen-bond donors (Lipinski definition) is 1. The Balaban J connectivity index is 3.24. The number of sulfone groups is 1. The van der Waals surface area contributed by atoms with Crippen LogP contribution in [-0.2, 0) is 16.3 Å². The highest BCUT2D eigenvalue weighted by Gasteiger charge is 2.48. The summed E-state index contributed by atoms with van der Waals surface area (Å²) in [6.07, 6.45) is -0.996. The van der Waals surface area contributed by atoms with E-state index < -0.39 is 32.2 Å². The second-order valence-corrected chi connectivity index (χ2v) is 7.10. The van der Waals surface area contributed by atoms with Crippen molar-refractivity contribution in [3.05, 3.63) is 29.6 Å². The fraction of sp³-hybridized carbons (Fsp3) is 0.538. The van der Waals surface area contributed by atoms with Crippen LogP contribution in [0.1, 0.15) is 25.8 Å². The standard InChI is InChI=1S/C13H16F4O3S/c1-8(2)5-11(18)6-9-3-4-10(14)7-12(9)21(19,20)13(15,16)17/h3-4,7-8,11,18H,5-6H2,1-2H3. The molecule has 21 heavy (non-hydrogen) atoms. The van der Waals surface area contributed by atoms with Gasteiger partial charge in [0.25, 0.3) is 9.84 Å². The van der Waals surface area contributed by atoms with Gasteiger partial charge in [-0.1, -0.05) is 19.9 Å². The van der Waals surface area contributed by atoms with E-state index in [9.17, 15) is 31.1 Å². The third kappa shape index (κ3) is 4.41. The van der Waals surface area contributed by atoms with Gasteiger partial charge >= 0.3 is 5.51 Å². The van der Waals surface area contributed by atoms with Gasteiger partial charge in [0.15, 0.2) is 0 Å². The van der Waals surface area contributed by atoms with Crippen molar-refractivity contribution >= 4 is 9.84 Å². The number of aliphatic hydroxyl groups excluding tert-OH is 1. The molecule has 120 valence electrons. The van der Waals surface area contributed by atoms with Gasteiger partial charge in [-0.2, -0.15) is 13.2 Å². The molecule has 0 aliphatic carbocycles. The first-order valence-corrected chi connectivity index (χ1v) is 7.71. The van der Waals surface area contributed by atoms with Crippen molar-refractivity contribution in [3.8, 4) is 0 Å². The van der Waals surface area contributed by atoms with E-state index in [1.54, 1.807) is 13.8 Å². The second-order valence-electron chi connectivity index (χ2n) is 5.19. The Morgan fingerprint density at radius 2 is 1.81 bits per heavy atom. The highest BCUT2D eigenvalue weighted by molar-refractivity contribution is 7.92. The van der Waals surface area contributed by atoms with Crippen molar-refractivity contribution in [1.82, 2.24) is 0 Å². The molecule has 1 aromatic rings. The number of hydrogen-bond acceptors (Lipinski definition) is 3. The van der Waals surface area contributed by atoms with E-state index in [2.05, 4.69) is 0 Å². The Morgan fingerprint density at radius 1 is 1.24 bits per heavy atom. The molecule has 0 saturated heterocycles. The van der Waals surface area contributed by atoms with E-state index in [0.717, 1.165) is 12.1 Å². The molecule has 0 fully saturated rings. The lowest BCUT2D eigenvalue weighted by Crippen LogP contribution is -2.25. The number of benzene rings is 1. The third-order valence-corrected chi connectivity index (χ3v) is 4.39. The van der Waals surface area contributed by atoms with Crippen LogP contribution in [0.15, 0.2) is 23.1 Å². The van der Waals surface area contributed by atoms with E-state index in [1.807, 2.05) is 0 Å². The molecule has 1 unspecified atom stereocenters. The van der Waals surface area contributed by atoms with Crippen LogP contribution in [0.5, 0.6) is 0 Å². The molecule has 8 heteroatoms. The summed E-state index contributed by atoms with van der Waals surface area (Å²) in [6, 6.07) is 2.16. The molecule has 0 amide bonds. The molecule has 0 spiro atoms. The minimum atomic E-state index is -5.65. The summed E-state index contributed by atoms with van der Waals surface area (Å²) in [5, 5.41) is 9.77. The number of alkyl halides is 3. The van der Waals surface area contributed by atoms with Crippen molar-refractivity contribution in [2.24, 2.45) is 5.92 Å². The third-order valence-electron chi connectivity index (χ3n) is 2.82. The second kappa shape index (κ2) is 6.31. The average molecular weight is 328 g/mol. The lowest BCUT2D eigenvalue weighted by atomic mass is 10.00. The Labute approximate surface area is 120 Å². The van der Waals surface area contributed by atoms with Gasteiger partial charge in [0.1, 0.15) is 5.82 Å². The average Bonchev–Trinajstić information content (AvgIpc) is 2.28. The van der Waals surface area contributed by atoms with E-state index in [-0.39, 0.29) is 17.9 Å². The molecule has 1 aromatic carbocycles. The molecular formula is C13H16F4O3S. The van der Waals surface area contributed by atoms with Gasteiger partial charge in [0, 0.05) is 0 Å². The molecule has 1 rings (SSSR count). The van der Waals surface area contributed by atoms with Gasteiger partial charge in [-0.05, 0) is 36.5 Å². The molecule has 1 atom stereocenters. The summed E-state index contributed by atoms with van der Waals surface area (Å²) >= 11 is 0. The molecule has 1 N–H and O–H groups in total. The molecular weight excluding hydrogens is 312 g/mol. The summed E-state index contributed by atoms with van der Waals surface area (Å²) in [7, 11) is -5.65. The first-order chi connectivity index (χ1) is 9.45. The van der Waals surface area contributed by atoms with Crippen molar-refractivity contribution in [2.75, 3.05) is 0 Å². The highest BCUT2D eigenvalue weighted by Crippen LogP contribution is 2.33. The predicted molar refractivity (Wildman–Crippen MR) is 68.8 cm³/mol. The van der Waals surface area contributed by atoms with Gasteiger partial charge in [0.2, 0.25) is 0 Å². The van der Waals surface area contributed by atoms with Crippen LogP contribution in [0.4, 0.5) is 17.6 Å². The molecule has 3 nitrogen and oxygen atoms in total. The molecule has 0 aliphatic rings. The van der Waals surface area contributed by atoms with Gasteiger partial charge in [-0.25, -0.2) is 12.8 Å². The van der Waals surface area contributed by atoms with Crippen molar-refractivity contribution < 1.29 is 31.1 Å². The Kier molecular flexibility index (Phi) is 5.38. The molecule has 0 saturated carbocycles. The van der Waals surface area contributed by atoms with Gasteiger partial charge in [-0.15, -0.1) is 0 Å². The Hall–Kier alpha value is -1.15. The van der Waals surface area contributed by atoms with Gasteiger partial charge < -0.3 is 5.11 Å². The minimum absolute atomic E-state index is 0.0862. The first kappa shape index (κ1) is 17.9. The zero-order valence-corrected chi connectivity index (χ0v) is 12.3. The van der Waals surface area contributed by atoms with Crippen molar-refractivity contribution in [3.63, 3.8) is 0 Å². The summed E-state index contributed by atoms with van der Waals surface area (Å²) in [4.78, 5) is -1.14. The van der Waals surface area contributed by atoms with Gasteiger partial charge in [-0.3, -0.25) is 0 Å². The fourth-order valence-electron chi connectivity index (χ4n) is 1.95. The van der Waals surface area contributed by atoms with Crippen molar-refractivity contribution in [1.29, 1.82) is 0 Å². The Morgan fingerprint density at radius 3 is 2.29 bits per heavy atom. The van der Waals surface area contributed by atoms with Crippen molar-refractivity contribution in [2.45, 2.75) is 43.2 Å². The fourth-order valence-corrected chi connectivity index (χ4v) is 2.97. The van der Waals surface area contributed by atoms with Gasteiger partial charge in [0.05, 0.1) is 11.0 Å². The zero-order valence-electron chi connectivity index (χ0n) is 11.5. The first-order valence-electron chi connectivity index (χ1n) is 6.23. The number of rotatable bonds is 5.